The second-order valence-electron chi connectivity index (χ2n) is 17.3. The topological polar surface area (TPSA) is 354 Å². The number of H-pyrrole nitrogens is 1. The van der Waals surface area contributed by atoms with Crippen molar-refractivity contribution >= 4 is 64.3 Å². The van der Waals surface area contributed by atoms with Gasteiger partial charge in [0.15, 0.2) is 0 Å². The van der Waals surface area contributed by atoms with Crippen LogP contribution in [0.3, 0.4) is 0 Å². The average molecular weight is 950 g/mol. The summed E-state index contributed by atoms with van der Waals surface area (Å²) in [5.74, 6) is -9.89. The Balaban J connectivity index is 1.97. The van der Waals surface area contributed by atoms with Crippen molar-refractivity contribution in [2.75, 3.05) is 6.54 Å². The SMILES string of the molecule is CC[C@H](C)[C@H](NC(=O)[C@H](Cc1ccccc1)NC(=O)[C@@H](N)CC(=O)O)C(=O)N[C@@H](CCC(=O)O)C(=O)N[C@@H](Cc1c[nH]c2ccccc12)C(=O)N[C@@H](CC(C)C)C(=O)N[C@@H](CCCCN)C(=O)O. The van der Waals surface area contributed by atoms with Gasteiger partial charge in [-0.05, 0) is 67.7 Å². The highest BCUT2D eigenvalue weighted by Crippen LogP contribution is 2.20. The van der Waals surface area contributed by atoms with Gasteiger partial charge in [0.2, 0.25) is 35.4 Å². The molecule has 0 fully saturated rings. The third-order valence-corrected chi connectivity index (χ3v) is 11.4. The molecule has 1 heterocycles. The molecule has 372 valence electrons. The molecule has 0 spiro atoms. The van der Waals surface area contributed by atoms with Gasteiger partial charge >= 0.3 is 17.9 Å². The monoisotopic (exact) mass is 949 g/mol. The molecule has 2 aromatic carbocycles. The number of rotatable bonds is 30. The van der Waals surface area contributed by atoms with Gasteiger partial charge in [-0.3, -0.25) is 38.4 Å². The molecule has 0 bridgehead atoms. The normalized spacial score (nSPS) is 14.8. The number of fused-ring (bicyclic) bond motifs is 1. The quantitative estimate of drug-likeness (QED) is 0.0412. The molecule has 1 aromatic heterocycles. The van der Waals surface area contributed by atoms with Gasteiger partial charge in [-0.25, -0.2) is 4.79 Å². The van der Waals surface area contributed by atoms with Crippen LogP contribution in [0.15, 0.2) is 60.8 Å². The first-order valence-electron chi connectivity index (χ1n) is 22.8. The molecule has 3 aromatic rings. The predicted octanol–water partition coefficient (Wildman–Crippen LogP) is 0.835. The van der Waals surface area contributed by atoms with Crippen molar-refractivity contribution in [2.45, 2.75) is 134 Å². The van der Waals surface area contributed by atoms with E-state index in [0.29, 0.717) is 42.3 Å². The minimum absolute atomic E-state index is 0.0782. The lowest BCUT2D eigenvalue weighted by atomic mass is 9.96. The van der Waals surface area contributed by atoms with Crippen LogP contribution in [0.2, 0.25) is 0 Å². The van der Waals surface area contributed by atoms with Crippen LogP contribution >= 0.6 is 0 Å². The number of carboxylic acid groups (broad SMARTS) is 3. The van der Waals surface area contributed by atoms with Crippen molar-refractivity contribution in [1.82, 2.24) is 36.9 Å². The zero-order valence-electron chi connectivity index (χ0n) is 38.9. The summed E-state index contributed by atoms with van der Waals surface area (Å²) in [6, 6.07) is 5.99. The lowest BCUT2D eigenvalue weighted by Crippen LogP contribution is -2.61. The van der Waals surface area contributed by atoms with Crippen LogP contribution in [0, 0.1) is 11.8 Å². The van der Waals surface area contributed by atoms with Gasteiger partial charge in [-0.15, -0.1) is 0 Å². The summed E-state index contributed by atoms with van der Waals surface area (Å²) < 4.78 is 0. The fourth-order valence-electron chi connectivity index (χ4n) is 7.37. The molecule has 6 amide bonds. The number of hydrogen-bond donors (Lipinski definition) is 12. The lowest BCUT2D eigenvalue weighted by molar-refractivity contribution is -0.143. The van der Waals surface area contributed by atoms with Crippen LogP contribution in [0.5, 0.6) is 0 Å². The number of para-hydroxylation sites is 1. The first kappa shape index (κ1) is 55.5. The maximum Gasteiger partial charge on any atom is 0.326 e. The summed E-state index contributed by atoms with van der Waals surface area (Å²) in [6.45, 7) is 7.32. The standard InChI is InChI=1S/C47H67N9O12/c1-5-27(4)40(56-45(65)36(22-28-13-7-6-8-14-28)53-41(61)31(49)24-39(59)60)46(66)51-33(18-19-38(57)58)42(62)55-37(23-29-25-50-32-16-10-9-15-30(29)32)44(64)54-35(21-26(2)3)43(63)52-34(47(67)68)17-11-12-20-48/h6-10,13-16,25-27,31,33-37,40,50H,5,11-12,17-24,48-49H2,1-4H3,(H,51,66)(H,52,63)(H,53,61)(H,54,64)(H,55,62)(H,56,65)(H,57,58)(H,59,60)(H,67,68)/t27-,31-,33-,34-,35-,36-,37-,40-/m0/s1. The van der Waals surface area contributed by atoms with E-state index in [1.807, 2.05) is 0 Å². The van der Waals surface area contributed by atoms with Crippen LogP contribution in [0.4, 0.5) is 0 Å². The zero-order chi connectivity index (χ0) is 50.5. The van der Waals surface area contributed by atoms with Crippen molar-refractivity contribution in [3.8, 4) is 0 Å². The highest BCUT2D eigenvalue weighted by Gasteiger charge is 2.36. The maximum absolute atomic E-state index is 14.4. The number of hydrogen-bond acceptors (Lipinski definition) is 11. The zero-order valence-corrected chi connectivity index (χ0v) is 38.9. The molecule has 0 unspecified atom stereocenters. The number of carbonyl (C=O) groups excluding carboxylic acids is 6. The van der Waals surface area contributed by atoms with E-state index in [1.165, 1.54) is 0 Å². The maximum atomic E-state index is 14.4. The molecule has 0 saturated carbocycles. The van der Waals surface area contributed by atoms with E-state index in [4.69, 9.17) is 11.5 Å². The molecule has 21 nitrogen and oxygen atoms in total. The van der Waals surface area contributed by atoms with Gasteiger partial charge in [-0.1, -0.05) is 82.6 Å². The molecule has 8 atom stereocenters. The summed E-state index contributed by atoms with van der Waals surface area (Å²) in [4.78, 5) is 122. The number of amides is 6. The largest absolute Gasteiger partial charge is 0.481 e. The predicted molar refractivity (Wildman–Crippen MR) is 250 cm³/mol. The third kappa shape index (κ3) is 18.1. The summed E-state index contributed by atoms with van der Waals surface area (Å²) in [5, 5.41) is 45.0. The number of carboxylic acids is 3. The average Bonchev–Trinajstić information content (AvgIpc) is 3.70. The van der Waals surface area contributed by atoms with E-state index in [1.54, 1.807) is 88.5 Å². The molecule has 68 heavy (non-hydrogen) atoms. The third-order valence-electron chi connectivity index (χ3n) is 11.4. The van der Waals surface area contributed by atoms with E-state index >= 15 is 0 Å². The van der Waals surface area contributed by atoms with Crippen molar-refractivity contribution in [3.05, 3.63) is 71.9 Å². The second kappa shape index (κ2) is 27.7. The number of nitrogens with one attached hydrogen (secondary N) is 7. The molecule has 14 N–H and O–H groups in total. The van der Waals surface area contributed by atoms with Crippen LogP contribution < -0.4 is 43.4 Å². The van der Waals surface area contributed by atoms with Gasteiger partial charge in [0.05, 0.1) is 12.5 Å². The number of benzene rings is 2. The summed E-state index contributed by atoms with van der Waals surface area (Å²) in [5.41, 5.74) is 13.3. The highest BCUT2D eigenvalue weighted by molar-refractivity contribution is 5.98. The molecule has 0 aliphatic heterocycles. The van der Waals surface area contributed by atoms with Gasteiger partial charge in [0.25, 0.3) is 0 Å². The summed E-state index contributed by atoms with van der Waals surface area (Å²) in [7, 11) is 0. The number of aliphatic carboxylic acids is 3. The first-order valence-corrected chi connectivity index (χ1v) is 22.8. The van der Waals surface area contributed by atoms with Crippen molar-refractivity contribution in [3.63, 3.8) is 0 Å². The number of aromatic amines is 1. The minimum Gasteiger partial charge on any atom is -0.481 e. The number of nitrogens with two attached hydrogens (primary N) is 2. The number of carbonyl (C=O) groups is 9. The van der Waals surface area contributed by atoms with E-state index in [-0.39, 0.29) is 31.6 Å². The minimum atomic E-state index is -1.59. The van der Waals surface area contributed by atoms with Crippen molar-refractivity contribution in [2.24, 2.45) is 23.3 Å². The van der Waals surface area contributed by atoms with E-state index < -0.39 is 121 Å². The van der Waals surface area contributed by atoms with Crippen LogP contribution in [0.1, 0.15) is 90.2 Å². The Labute approximate surface area is 394 Å². The molecule has 0 aliphatic rings. The number of unbranched alkanes of at least 4 members (excludes halogenated alkanes) is 1. The summed E-state index contributed by atoms with van der Waals surface area (Å²) >= 11 is 0. The lowest BCUT2D eigenvalue weighted by Gasteiger charge is -2.29. The molecule has 0 radical (unpaired) electrons. The van der Waals surface area contributed by atoms with E-state index in [0.717, 1.165) is 5.52 Å². The van der Waals surface area contributed by atoms with Crippen LogP contribution in [-0.2, 0) is 56.0 Å². The first-order chi connectivity index (χ1) is 32.2. The Morgan fingerprint density at radius 1 is 0.618 bits per heavy atom. The molecule has 3 rings (SSSR count). The van der Waals surface area contributed by atoms with Crippen molar-refractivity contribution < 1.29 is 58.5 Å². The summed E-state index contributed by atoms with van der Waals surface area (Å²) in [6.07, 6.45) is 1.10. The Bertz CT molecular complexity index is 2200. The van der Waals surface area contributed by atoms with Crippen LogP contribution in [-0.4, -0.2) is 122 Å². The molecular weight excluding hydrogens is 883 g/mol. The smallest absolute Gasteiger partial charge is 0.326 e. The van der Waals surface area contributed by atoms with E-state index in [2.05, 4.69) is 36.9 Å². The van der Waals surface area contributed by atoms with Gasteiger partial charge in [-0.2, -0.15) is 0 Å². The molecular formula is C47H67N9O12. The Morgan fingerprint density at radius 2 is 1.18 bits per heavy atom. The highest BCUT2D eigenvalue weighted by atomic mass is 16.4. The molecule has 21 heteroatoms. The molecule has 0 saturated heterocycles. The number of aromatic nitrogens is 1. The van der Waals surface area contributed by atoms with Crippen LogP contribution in [0.25, 0.3) is 10.9 Å². The van der Waals surface area contributed by atoms with Crippen molar-refractivity contribution in [1.29, 1.82) is 0 Å². The second-order valence-corrected chi connectivity index (χ2v) is 17.3. The molecule has 0 aliphatic carbocycles. The Kier molecular flexibility index (Phi) is 22.6. The fourth-order valence-corrected chi connectivity index (χ4v) is 7.37. The Hall–Kier alpha value is -6.87. The van der Waals surface area contributed by atoms with Gasteiger partial charge < -0.3 is 63.7 Å². The van der Waals surface area contributed by atoms with Gasteiger partial charge in [0, 0.05) is 36.4 Å². The fraction of sp³-hybridized carbons (Fsp3) is 0.511. The van der Waals surface area contributed by atoms with Gasteiger partial charge in [0.1, 0.15) is 36.3 Å². The van der Waals surface area contributed by atoms with E-state index in [9.17, 15) is 58.5 Å². The Morgan fingerprint density at radius 3 is 1.79 bits per heavy atom.